The SMILES string of the molecule is CCO[Si](CC)(NCCCN)OCC. The van der Waals surface area contributed by atoms with Gasteiger partial charge in [-0.05, 0) is 33.4 Å². The van der Waals surface area contributed by atoms with Crippen molar-refractivity contribution in [2.75, 3.05) is 26.3 Å². The van der Waals surface area contributed by atoms with E-state index < -0.39 is 8.72 Å². The Balaban J connectivity index is 4.03. The van der Waals surface area contributed by atoms with Gasteiger partial charge in [-0.1, -0.05) is 6.92 Å². The molecule has 0 radical (unpaired) electrons. The molecule has 3 N–H and O–H groups in total. The molecule has 0 aliphatic carbocycles. The van der Waals surface area contributed by atoms with Crippen LogP contribution in [0.15, 0.2) is 0 Å². The third kappa shape index (κ3) is 5.07. The Morgan fingerprint density at radius 2 is 1.71 bits per heavy atom. The van der Waals surface area contributed by atoms with Gasteiger partial charge in [0.25, 0.3) is 0 Å². The van der Waals surface area contributed by atoms with Crippen LogP contribution in [-0.4, -0.2) is 35.0 Å². The molecule has 0 aliphatic rings. The molecule has 14 heavy (non-hydrogen) atoms. The molecular weight excluding hydrogens is 196 g/mol. The summed E-state index contributed by atoms with van der Waals surface area (Å²) in [5, 5.41) is 0. The largest absolute Gasteiger partial charge is 0.424 e. The number of hydrogen-bond acceptors (Lipinski definition) is 4. The van der Waals surface area contributed by atoms with Gasteiger partial charge in [0.2, 0.25) is 0 Å². The smallest absolute Gasteiger partial charge is 0.383 e. The highest BCUT2D eigenvalue weighted by molar-refractivity contribution is 6.64. The average Bonchev–Trinajstić information content (AvgIpc) is 2.19. The summed E-state index contributed by atoms with van der Waals surface area (Å²) in [5.41, 5.74) is 5.44. The van der Waals surface area contributed by atoms with Gasteiger partial charge in [-0.3, -0.25) is 4.98 Å². The number of hydrogen-bond donors (Lipinski definition) is 2. The molecule has 4 nitrogen and oxygen atoms in total. The molecule has 0 amide bonds. The van der Waals surface area contributed by atoms with Crippen molar-refractivity contribution in [1.29, 1.82) is 0 Å². The molecule has 0 aromatic rings. The number of rotatable bonds is 9. The van der Waals surface area contributed by atoms with Crippen molar-refractivity contribution in [3.05, 3.63) is 0 Å². The molecule has 0 spiro atoms. The molecule has 0 fully saturated rings. The first-order chi connectivity index (χ1) is 6.74. The summed E-state index contributed by atoms with van der Waals surface area (Å²) in [6.07, 6.45) is 0.967. The van der Waals surface area contributed by atoms with Crippen LogP contribution in [0.2, 0.25) is 6.04 Å². The number of nitrogens with two attached hydrogens (primary N) is 1. The Morgan fingerprint density at radius 3 is 2.07 bits per heavy atom. The maximum atomic E-state index is 5.73. The topological polar surface area (TPSA) is 56.5 Å². The lowest BCUT2D eigenvalue weighted by molar-refractivity contribution is 0.172. The van der Waals surface area contributed by atoms with Gasteiger partial charge < -0.3 is 14.6 Å². The molecule has 0 rings (SSSR count). The molecule has 0 saturated carbocycles. The van der Waals surface area contributed by atoms with Crippen molar-refractivity contribution >= 4 is 8.72 Å². The van der Waals surface area contributed by atoms with E-state index in [-0.39, 0.29) is 0 Å². The van der Waals surface area contributed by atoms with Crippen LogP contribution in [-0.2, 0) is 8.85 Å². The van der Waals surface area contributed by atoms with E-state index in [1.165, 1.54) is 0 Å². The van der Waals surface area contributed by atoms with Crippen LogP contribution in [0.1, 0.15) is 27.2 Å². The molecule has 0 aromatic heterocycles. The molecule has 86 valence electrons. The first-order valence-corrected chi connectivity index (χ1v) is 7.50. The molecule has 0 aliphatic heterocycles. The van der Waals surface area contributed by atoms with E-state index in [0.717, 1.165) is 19.0 Å². The predicted octanol–water partition coefficient (Wildman–Crippen LogP) is 0.957. The summed E-state index contributed by atoms with van der Waals surface area (Å²) in [6.45, 7) is 9.11. The average molecular weight is 220 g/mol. The Kier molecular flexibility index (Phi) is 8.41. The summed E-state index contributed by atoms with van der Waals surface area (Å²) in [7, 11) is -2.11. The van der Waals surface area contributed by atoms with Crippen molar-refractivity contribution in [2.45, 2.75) is 33.2 Å². The van der Waals surface area contributed by atoms with Gasteiger partial charge in [-0.15, -0.1) is 0 Å². The molecule has 0 heterocycles. The van der Waals surface area contributed by atoms with E-state index in [1.54, 1.807) is 0 Å². The quantitative estimate of drug-likeness (QED) is 0.449. The summed E-state index contributed by atoms with van der Waals surface area (Å²) < 4.78 is 11.5. The van der Waals surface area contributed by atoms with Crippen LogP contribution in [0.25, 0.3) is 0 Å². The summed E-state index contributed by atoms with van der Waals surface area (Å²) in [5.74, 6) is 0. The monoisotopic (exact) mass is 220 g/mol. The highest BCUT2D eigenvalue weighted by Gasteiger charge is 2.34. The zero-order valence-electron chi connectivity index (χ0n) is 9.64. The Bertz CT molecular complexity index is 130. The summed E-state index contributed by atoms with van der Waals surface area (Å²) in [4.78, 5) is 3.40. The third-order valence-electron chi connectivity index (χ3n) is 2.00. The fraction of sp³-hybridized carbons (Fsp3) is 1.00. The minimum absolute atomic E-state index is 0.704. The van der Waals surface area contributed by atoms with Gasteiger partial charge in [0.15, 0.2) is 0 Å². The van der Waals surface area contributed by atoms with Crippen LogP contribution in [0.4, 0.5) is 0 Å². The summed E-state index contributed by atoms with van der Waals surface area (Å²) >= 11 is 0. The van der Waals surface area contributed by atoms with E-state index in [2.05, 4.69) is 11.9 Å². The zero-order chi connectivity index (χ0) is 10.9. The second kappa shape index (κ2) is 8.37. The second-order valence-electron chi connectivity index (χ2n) is 3.04. The molecule has 0 atom stereocenters. The van der Waals surface area contributed by atoms with Crippen molar-refractivity contribution in [3.63, 3.8) is 0 Å². The van der Waals surface area contributed by atoms with E-state index in [1.807, 2.05) is 13.8 Å². The van der Waals surface area contributed by atoms with Crippen LogP contribution in [0.5, 0.6) is 0 Å². The van der Waals surface area contributed by atoms with Gasteiger partial charge in [0.1, 0.15) is 0 Å². The van der Waals surface area contributed by atoms with Crippen LogP contribution >= 0.6 is 0 Å². The maximum Gasteiger partial charge on any atom is 0.424 e. The zero-order valence-corrected chi connectivity index (χ0v) is 10.6. The van der Waals surface area contributed by atoms with Gasteiger partial charge >= 0.3 is 8.72 Å². The van der Waals surface area contributed by atoms with Gasteiger partial charge in [-0.25, -0.2) is 0 Å². The first kappa shape index (κ1) is 14.1. The van der Waals surface area contributed by atoms with Crippen molar-refractivity contribution < 1.29 is 8.85 Å². The van der Waals surface area contributed by atoms with E-state index in [9.17, 15) is 0 Å². The van der Waals surface area contributed by atoms with Crippen molar-refractivity contribution in [1.82, 2.24) is 4.98 Å². The third-order valence-corrected chi connectivity index (χ3v) is 5.23. The van der Waals surface area contributed by atoms with E-state index >= 15 is 0 Å². The Labute approximate surface area is 88.5 Å². The highest BCUT2D eigenvalue weighted by atomic mass is 28.4. The molecule has 0 saturated heterocycles. The van der Waals surface area contributed by atoms with Gasteiger partial charge in [0, 0.05) is 19.3 Å². The van der Waals surface area contributed by atoms with Crippen LogP contribution in [0, 0.1) is 0 Å². The number of nitrogens with one attached hydrogen (secondary N) is 1. The minimum atomic E-state index is -2.11. The lowest BCUT2D eigenvalue weighted by Crippen LogP contribution is -2.56. The van der Waals surface area contributed by atoms with Crippen LogP contribution in [0.3, 0.4) is 0 Å². The highest BCUT2D eigenvalue weighted by Crippen LogP contribution is 2.09. The van der Waals surface area contributed by atoms with E-state index in [4.69, 9.17) is 14.6 Å². The Hall–Kier alpha value is 0.0569. The fourth-order valence-corrected chi connectivity index (χ4v) is 3.76. The lowest BCUT2D eigenvalue weighted by Gasteiger charge is -2.29. The molecule has 0 unspecified atom stereocenters. The van der Waals surface area contributed by atoms with Crippen molar-refractivity contribution in [2.24, 2.45) is 5.73 Å². The van der Waals surface area contributed by atoms with Gasteiger partial charge in [0.05, 0.1) is 0 Å². The predicted molar refractivity (Wildman–Crippen MR) is 61.2 cm³/mol. The maximum absolute atomic E-state index is 5.73. The first-order valence-electron chi connectivity index (χ1n) is 5.47. The molecular formula is C9H24N2O2Si. The molecule has 0 bridgehead atoms. The van der Waals surface area contributed by atoms with E-state index in [0.29, 0.717) is 19.8 Å². The minimum Gasteiger partial charge on any atom is -0.383 e. The second-order valence-corrected chi connectivity index (χ2v) is 6.19. The molecule has 5 heteroatoms. The normalized spacial score (nSPS) is 12.0. The molecule has 0 aromatic carbocycles. The fourth-order valence-electron chi connectivity index (χ4n) is 1.32. The van der Waals surface area contributed by atoms with Gasteiger partial charge in [-0.2, -0.15) is 0 Å². The summed E-state index contributed by atoms with van der Waals surface area (Å²) in [6, 6.07) is 0.930. The Morgan fingerprint density at radius 1 is 1.14 bits per heavy atom. The van der Waals surface area contributed by atoms with Crippen molar-refractivity contribution in [3.8, 4) is 0 Å². The van der Waals surface area contributed by atoms with Crippen LogP contribution < -0.4 is 10.7 Å². The standard InChI is InChI=1S/C9H24N2O2Si/c1-4-12-14(6-3,13-5-2)11-9-7-8-10/h11H,4-10H2,1-3H3. The lowest BCUT2D eigenvalue weighted by atomic mass is 10.4.